The highest BCUT2D eigenvalue weighted by Gasteiger charge is 2.54. The van der Waals surface area contributed by atoms with Gasteiger partial charge in [-0.1, -0.05) is 103 Å². The van der Waals surface area contributed by atoms with Gasteiger partial charge in [-0.05, 0) is 36.0 Å². The van der Waals surface area contributed by atoms with Gasteiger partial charge in [-0.25, -0.2) is 0 Å². The molecule has 4 rings (SSSR count). The van der Waals surface area contributed by atoms with Crippen molar-refractivity contribution in [2.75, 3.05) is 0 Å². The van der Waals surface area contributed by atoms with Crippen molar-refractivity contribution in [2.45, 2.75) is 18.8 Å². The van der Waals surface area contributed by atoms with Gasteiger partial charge in [0.2, 0.25) is 0 Å². The SMILES string of the molecule is Cc1ccc(/C=C/C2CC2(c2ccccc2)c2ccccc2)cc1. The molecule has 1 fully saturated rings. The average molecular weight is 310 g/mol. The minimum Gasteiger partial charge on any atom is -0.0796 e. The zero-order chi connectivity index (χ0) is 16.4. The van der Waals surface area contributed by atoms with Crippen molar-refractivity contribution in [2.24, 2.45) is 5.92 Å². The van der Waals surface area contributed by atoms with Crippen molar-refractivity contribution >= 4 is 6.08 Å². The Hall–Kier alpha value is -2.60. The van der Waals surface area contributed by atoms with Gasteiger partial charge in [0, 0.05) is 5.41 Å². The van der Waals surface area contributed by atoms with Crippen LogP contribution in [0.2, 0.25) is 0 Å². The molecular weight excluding hydrogens is 288 g/mol. The Morgan fingerprint density at radius 3 is 1.83 bits per heavy atom. The summed E-state index contributed by atoms with van der Waals surface area (Å²) in [6, 6.07) is 30.6. The standard InChI is InChI=1S/C24H22/c1-19-12-14-20(15-13-19)16-17-23-18-24(23,21-8-4-2-5-9-21)22-10-6-3-7-11-22/h2-17,23H,18H2,1H3/b17-16+. The van der Waals surface area contributed by atoms with Gasteiger partial charge in [-0.3, -0.25) is 0 Å². The Kier molecular flexibility index (Phi) is 3.82. The Bertz CT molecular complexity index is 787. The summed E-state index contributed by atoms with van der Waals surface area (Å²) in [4.78, 5) is 0. The summed E-state index contributed by atoms with van der Waals surface area (Å²) in [5.74, 6) is 0.559. The van der Waals surface area contributed by atoms with Gasteiger partial charge in [0.05, 0.1) is 0 Å². The summed E-state index contributed by atoms with van der Waals surface area (Å²) in [5.41, 5.74) is 5.58. The summed E-state index contributed by atoms with van der Waals surface area (Å²) in [7, 11) is 0. The van der Waals surface area contributed by atoms with Gasteiger partial charge in [0.15, 0.2) is 0 Å². The minimum atomic E-state index is 0.143. The lowest BCUT2D eigenvalue weighted by molar-refractivity contribution is 0.791. The van der Waals surface area contributed by atoms with Crippen LogP contribution < -0.4 is 0 Å². The van der Waals surface area contributed by atoms with Crippen LogP contribution in [0.1, 0.15) is 28.7 Å². The fraction of sp³-hybridized carbons (Fsp3) is 0.167. The van der Waals surface area contributed by atoms with Gasteiger partial charge in [-0.2, -0.15) is 0 Å². The lowest BCUT2D eigenvalue weighted by Gasteiger charge is -2.18. The molecular formula is C24H22. The van der Waals surface area contributed by atoms with E-state index in [2.05, 4.69) is 104 Å². The smallest absolute Gasteiger partial charge is 0.0272 e. The molecule has 0 aromatic heterocycles. The highest BCUT2D eigenvalue weighted by Crippen LogP contribution is 2.59. The van der Waals surface area contributed by atoms with Gasteiger partial charge in [0.1, 0.15) is 0 Å². The monoisotopic (exact) mass is 310 g/mol. The molecule has 3 aromatic rings. The summed E-state index contributed by atoms with van der Waals surface area (Å²) < 4.78 is 0. The Balaban J connectivity index is 1.66. The molecule has 0 heteroatoms. The molecule has 1 aliphatic carbocycles. The van der Waals surface area contributed by atoms with Crippen molar-refractivity contribution in [1.82, 2.24) is 0 Å². The number of rotatable bonds is 4. The Morgan fingerprint density at radius 2 is 1.29 bits per heavy atom. The van der Waals surface area contributed by atoms with Gasteiger partial charge in [-0.15, -0.1) is 0 Å². The lowest BCUT2D eigenvalue weighted by Crippen LogP contribution is -2.11. The molecule has 0 heterocycles. The summed E-state index contributed by atoms with van der Waals surface area (Å²) >= 11 is 0. The first-order valence-corrected chi connectivity index (χ1v) is 8.65. The molecule has 1 aliphatic rings. The predicted octanol–water partition coefficient (Wildman–Crippen LogP) is 6.01. The average Bonchev–Trinajstić information content (AvgIpc) is 3.38. The second-order valence-electron chi connectivity index (χ2n) is 6.78. The van der Waals surface area contributed by atoms with Crippen LogP contribution in [0.3, 0.4) is 0 Å². The van der Waals surface area contributed by atoms with E-state index in [1.54, 1.807) is 0 Å². The molecule has 1 atom stereocenters. The number of benzene rings is 3. The van der Waals surface area contributed by atoms with E-state index in [9.17, 15) is 0 Å². The van der Waals surface area contributed by atoms with Gasteiger partial charge < -0.3 is 0 Å². The fourth-order valence-corrected chi connectivity index (χ4v) is 3.73. The lowest BCUT2D eigenvalue weighted by atomic mass is 9.85. The van der Waals surface area contributed by atoms with Crippen molar-refractivity contribution in [3.8, 4) is 0 Å². The van der Waals surface area contributed by atoms with Crippen LogP contribution in [-0.4, -0.2) is 0 Å². The van der Waals surface area contributed by atoms with Crippen molar-refractivity contribution in [3.63, 3.8) is 0 Å². The van der Waals surface area contributed by atoms with Crippen LogP contribution in [0.15, 0.2) is 91.0 Å². The third kappa shape index (κ3) is 2.69. The van der Waals surface area contributed by atoms with E-state index in [0.717, 1.165) is 0 Å². The van der Waals surface area contributed by atoms with Gasteiger partial charge in [0.25, 0.3) is 0 Å². The van der Waals surface area contributed by atoms with Crippen molar-refractivity contribution < 1.29 is 0 Å². The molecule has 24 heavy (non-hydrogen) atoms. The van der Waals surface area contributed by atoms with Crippen LogP contribution >= 0.6 is 0 Å². The molecule has 0 N–H and O–H groups in total. The first kappa shape index (κ1) is 15.0. The van der Waals surface area contributed by atoms with Crippen LogP contribution in [0.4, 0.5) is 0 Å². The maximum absolute atomic E-state index is 2.39. The third-order valence-electron chi connectivity index (χ3n) is 5.19. The van der Waals surface area contributed by atoms with Gasteiger partial charge >= 0.3 is 0 Å². The van der Waals surface area contributed by atoms with E-state index in [1.165, 1.54) is 28.7 Å². The highest BCUT2D eigenvalue weighted by molar-refractivity contribution is 5.55. The van der Waals surface area contributed by atoms with E-state index in [1.807, 2.05) is 0 Å². The molecule has 118 valence electrons. The zero-order valence-electron chi connectivity index (χ0n) is 14.0. The topological polar surface area (TPSA) is 0 Å². The number of aryl methyl sites for hydroxylation is 1. The molecule has 0 aliphatic heterocycles. The first-order valence-electron chi connectivity index (χ1n) is 8.65. The predicted molar refractivity (Wildman–Crippen MR) is 102 cm³/mol. The molecule has 0 radical (unpaired) electrons. The maximum atomic E-state index is 2.39. The third-order valence-corrected chi connectivity index (χ3v) is 5.19. The van der Waals surface area contributed by atoms with E-state index in [4.69, 9.17) is 0 Å². The molecule has 0 nitrogen and oxygen atoms in total. The Morgan fingerprint density at radius 1 is 0.750 bits per heavy atom. The summed E-state index contributed by atoms with van der Waals surface area (Å²) in [6.07, 6.45) is 5.85. The number of hydrogen-bond donors (Lipinski definition) is 0. The second-order valence-corrected chi connectivity index (χ2v) is 6.78. The number of hydrogen-bond acceptors (Lipinski definition) is 0. The molecule has 0 amide bonds. The second kappa shape index (κ2) is 6.13. The van der Waals surface area contributed by atoms with Crippen LogP contribution in [0.25, 0.3) is 6.08 Å². The molecule has 0 bridgehead atoms. The molecule has 1 unspecified atom stereocenters. The normalized spacial score (nSPS) is 18.6. The zero-order valence-corrected chi connectivity index (χ0v) is 14.0. The van der Waals surface area contributed by atoms with Crippen molar-refractivity contribution in [3.05, 3.63) is 113 Å². The van der Waals surface area contributed by atoms with E-state index in [-0.39, 0.29) is 5.41 Å². The minimum absolute atomic E-state index is 0.143. The molecule has 0 saturated heterocycles. The van der Waals surface area contributed by atoms with Crippen LogP contribution in [-0.2, 0) is 5.41 Å². The summed E-state index contributed by atoms with van der Waals surface area (Å²) in [5, 5.41) is 0. The molecule has 0 spiro atoms. The van der Waals surface area contributed by atoms with E-state index >= 15 is 0 Å². The van der Waals surface area contributed by atoms with Crippen LogP contribution in [0, 0.1) is 12.8 Å². The maximum Gasteiger partial charge on any atom is 0.0272 e. The molecule has 1 saturated carbocycles. The van der Waals surface area contributed by atoms with Crippen molar-refractivity contribution in [1.29, 1.82) is 0 Å². The Labute approximate surface area is 144 Å². The first-order chi connectivity index (χ1) is 11.8. The highest BCUT2D eigenvalue weighted by atomic mass is 14.6. The van der Waals surface area contributed by atoms with E-state index in [0.29, 0.717) is 5.92 Å². The quantitative estimate of drug-likeness (QED) is 0.553. The van der Waals surface area contributed by atoms with E-state index < -0.39 is 0 Å². The fourth-order valence-electron chi connectivity index (χ4n) is 3.73. The molecule has 3 aromatic carbocycles. The van der Waals surface area contributed by atoms with Crippen LogP contribution in [0.5, 0.6) is 0 Å². The number of allylic oxidation sites excluding steroid dienone is 1. The summed E-state index contributed by atoms with van der Waals surface area (Å²) in [6.45, 7) is 2.13. The largest absolute Gasteiger partial charge is 0.0796 e.